The molecule has 0 fully saturated rings. The van der Waals surface area contributed by atoms with Gasteiger partial charge in [0, 0.05) is 23.6 Å². The minimum Gasteiger partial charge on any atom is -0.398 e. The van der Waals surface area contributed by atoms with Gasteiger partial charge in [0.2, 0.25) is 0 Å². The zero-order valence-corrected chi connectivity index (χ0v) is 9.06. The molecule has 0 spiro atoms. The molecular weight excluding hydrogens is 194 g/mol. The second kappa shape index (κ2) is 5.57. The average Bonchev–Trinajstić information content (AvgIpc) is 2.21. The fourth-order valence-corrected chi connectivity index (χ4v) is 1.23. The van der Waals surface area contributed by atoms with Gasteiger partial charge in [-0.25, -0.2) is 0 Å². The Balaban J connectivity index is 2.91. The Morgan fingerprint density at radius 1 is 1.43 bits per heavy atom. The topological polar surface area (TPSA) is 26.0 Å². The Bertz CT molecular complexity index is 360. The van der Waals surface area contributed by atoms with Crippen molar-refractivity contribution in [2.45, 2.75) is 19.8 Å². The van der Waals surface area contributed by atoms with Crippen molar-refractivity contribution >= 4 is 17.3 Å². The molecule has 0 aliphatic heterocycles. The fraction of sp³-hybridized carbons (Fsp3) is 0.333. The molecule has 0 atom stereocenters. The summed E-state index contributed by atoms with van der Waals surface area (Å²) < 4.78 is 0. The van der Waals surface area contributed by atoms with Gasteiger partial charge in [0.05, 0.1) is 0 Å². The van der Waals surface area contributed by atoms with Gasteiger partial charge in [-0.2, -0.15) is 0 Å². The van der Waals surface area contributed by atoms with E-state index in [9.17, 15) is 0 Å². The number of hydrogen-bond acceptors (Lipinski definition) is 1. The van der Waals surface area contributed by atoms with Gasteiger partial charge < -0.3 is 5.73 Å². The van der Waals surface area contributed by atoms with Crippen LogP contribution < -0.4 is 5.73 Å². The summed E-state index contributed by atoms with van der Waals surface area (Å²) >= 11 is 5.53. The Kier molecular flexibility index (Phi) is 4.35. The number of aryl methyl sites for hydroxylation is 1. The van der Waals surface area contributed by atoms with E-state index in [1.807, 2.05) is 18.2 Å². The smallest absolute Gasteiger partial charge is 0.0477 e. The Morgan fingerprint density at radius 2 is 2.21 bits per heavy atom. The first-order valence-electron chi connectivity index (χ1n) is 4.71. The molecule has 1 rings (SSSR count). The van der Waals surface area contributed by atoms with E-state index in [0.717, 1.165) is 17.7 Å². The summed E-state index contributed by atoms with van der Waals surface area (Å²) in [6.07, 6.45) is 1.71. The van der Waals surface area contributed by atoms with Crippen LogP contribution in [0.1, 0.15) is 24.5 Å². The van der Waals surface area contributed by atoms with Crippen molar-refractivity contribution in [2.75, 3.05) is 11.6 Å². The van der Waals surface area contributed by atoms with Gasteiger partial charge in [-0.15, -0.1) is 11.6 Å². The lowest BCUT2D eigenvalue weighted by Gasteiger charge is -2.01. The predicted octanol–water partition coefficient (Wildman–Crippen LogP) is 2.81. The van der Waals surface area contributed by atoms with Crippen LogP contribution in [0.4, 0.5) is 5.69 Å². The Morgan fingerprint density at radius 3 is 2.86 bits per heavy atom. The molecule has 74 valence electrons. The monoisotopic (exact) mass is 207 g/mol. The molecule has 2 heteroatoms. The minimum atomic E-state index is 0.570. The van der Waals surface area contributed by atoms with Crippen molar-refractivity contribution in [2.24, 2.45) is 0 Å². The number of rotatable bonds is 2. The number of nitrogen functional groups attached to an aromatic ring is 1. The molecule has 0 radical (unpaired) electrons. The van der Waals surface area contributed by atoms with Gasteiger partial charge >= 0.3 is 0 Å². The number of hydrogen-bond donors (Lipinski definition) is 1. The predicted molar refractivity (Wildman–Crippen MR) is 62.4 cm³/mol. The highest BCUT2D eigenvalue weighted by atomic mass is 35.5. The van der Waals surface area contributed by atoms with Crippen molar-refractivity contribution in [3.8, 4) is 11.8 Å². The van der Waals surface area contributed by atoms with Crippen molar-refractivity contribution in [3.63, 3.8) is 0 Å². The van der Waals surface area contributed by atoms with Crippen LogP contribution in [0.5, 0.6) is 0 Å². The molecule has 1 aromatic rings. The van der Waals surface area contributed by atoms with Gasteiger partial charge in [0.25, 0.3) is 0 Å². The van der Waals surface area contributed by atoms with E-state index in [0.29, 0.717) is 12.3 Å². The first kappa shape index (κ1) is 10.9. The third-order valence-electron chi connectivity index (χ3n) is 1.97. The summed E-state index contributed by atoms with van der Waals surface area (Å²) in [5.74, 6) is 6.58. The molecular formula is C12H14ClN. The quantitative estimate of drug-likeness (QED) is 0.451. The van der Waals surface area contributed by atoms with Gasteiger partial charge in [0.1, 0.15) is 0 Å². The molecule has 0 aliphatic carbocycles. The zero-order valence-electron chi connectivity index (χ0n) is 8.31. The molecule has 14 heavy (non-hydrogen) atoms. The maximum absolute atomic E-state index is 5.79. The number of halogens is 1. The minimum absolute atomic E-state index is 0.570. The zero-order chi connectivity index (χ0) is 10.4. The van der Waals surface area contributed by atoms with E-state index in [2.05, 4.69) is 18.8 Å². The molecule has 0 saturated carbocycles. The van der Waals surface area contributed by atoms with Crippen molar-refractivity contribution < 1.29 is 0 Å². The second-order valence-electron chi connectivity index (χ2n) is 3.02. The standard InChI is InChI=1S/C12H14ClN/c1-2-10-6-7-12(14)11(9-10)5-3-4-8-13/h6-7,9H,2,4,8,14H2,1H3. The van der Waals surface area contributed by atoms with Crippen LogP contribution >= 0.6 is 11.6 Å². The lowest BCUT2D eigenvalue weighted by molar-refractivity contribution is 1.14. The van der Waals surface area contributed by atoms with E-state index in [1.54, 1.807) is 0 Å². The molecule has 0 amide bonds. The molecule has 0 bridgehead atoms. The second-order valence-corrected chi connectivity index (χ2v) is 3.39. The maximum Gasteiger partial charge on any atom is 0.0477 e. The van der Waals surface area contributed by atoms with Gasteiger partial charge in [-0.3, -0.25) is 0 Å². The highest BCUT2D eigenvalue weighted by Crippen LogP contribution is 2.13. The third kappa shape index (κ3) is 2.97. The van der Waals surface area contributed by atoms with Gasteiger partial charge in [0.15, 0.2) is 0 Å². The molecule has 0 saturated heterocycles. The van der Waals surface area contributed by atoms with Crippen LogP contribution in [0.25, 0.3) is 0 Å². The normalized spacial score (nSPS) is 9.29. The Labute approximate surface area is 90.3 Å². The molecule has 0 aromatic heterocycles. The van der Waals surface area contributed by atoms with Crippen LogP contribution in [0.3, 0.4) is 0 Å². The summed E-state index contributed by atoms with van der Waals surface area (Å²) in [5.41, 5.74) is 8.70. The highest BCUT2D eigenvalue weighted by molar-refractivity contribution is 6.18. The average molecular weight is 208 g/mol. The molecule has 0 unspecified atom stereocenters. The number of nitrogens with two attached hydrogens (primary N) is 1. The van der Waals surface area contributed by atoms with Crippen LogP contribution in [0, 0.1) is 11.8 Å². The van der Waals surface area contributed by atoms with E-state index in [1.165, 1.54) is 5.56 Å². The maximum atomic E-state index is 5.79. The summed E-state index contributed by atoms with van der Waals surface area (Å²) in [4.78, 5) is 0. The highest BCUT2D eigenvalue weighted by Gasteiger charge is 1.96. The van der Waals surface area contributed by atoms with E-state index in [-0.39, 0.29) is 0 Å². The van der Waals surface area contributed by atoms with Crippen LogP contribution in [0.2, 0.25) is 0 Å². The Hall–Kier alpha value is -1.13. The lowest BCUT2D eigenvalue weighted by Crippen LogP contribution is -1.92. The van der Waals surface area contributed by atoms with Crippen molar-refractivity contribution in [3.05, 3.63) is 29.3 Å². The van der Waals surface area contributed by atoms with E-state index < -0.39 is 0 Å². The van der Waals surface area contributed by atoms with Crippen molar-refractivity contribution in [1.82, 2.24) is 0 Å². The fourth-order valence-electron chi connectivity index (χ4n) is 1.14. The number of anilines is 1. The summed E-state index contributed by atoms with van der Waals surface area (Å²) in [7, 11) is 0. The first-order chi connectivity index (χ1) is 6.77. The lowest BCUT2D eigenvalue weighted by atomic mass is 10.1. The van der Waals surface area contributed by atoms with Crippen LogP contribution in [-0.4, -0.2) is 5.88 Å². The van der Waals surface area contributed by atoms with Gasteiger partial charge in [-0.1, -0.05) is 24.8 Å². The summed E-state index contributed by atoms with van der Waals surface area (Å²) in [6, 6.07) is 5.97. The third-order valence-corrected chi connectivity index (χ3v) is 2.16. The van der Waals surface area contributed by atoms with E-state index >= 15 is 0 Å². The van der Waals surface area contributed by atoms with Crippen LogP contribution in [-0.2, 0) is 6.42 Å². The van der Waals surface area contributed by atoms with Crippen LogP contribution in [0.15, 0.2) is 18.2 Å². The number of alkyl halides is 1. The molecule has 0 heterocycles. The molecule has 0 aliphatic rings. The van der Waals surface area contributed by atoms with Crippen molar-refractivity contribution in [1.29, 1.82) is 0 Å². The largest absolute Gasteiger partial charge is 0.398 e. The summed E-state index contributed by atoms with van der Waals surface area (Å²) in [5, 5.41) is 0. The summed E-state index contributed by atoms with van der Waals surface area (Å²) in [6.45, 7) is 2.11. The SMILES string of the molecule is CCc1ccc(N)c(C#CCCCl)c1. The molecule has 1 nitrogen and oxygen atoms in total. The van der Waals surface area contributed by atoms with Gasteiger partial charge in [-0.05, 0) is 24.1 Å². The molecule has 1 aromatic carbocycles. The van der Waals surface area contributed by atoms with E-state index in [4.69, 9.17) is 17.3 Å². The first-order valence-corrected chi connectivity index (χ1v) is 5.24. The number of benzene rings is 1. The molecule has 2 N–H and O–H groups in total.